The number of rotatable bonds is 7. The quantitative estimate of drug-likeness (QED) is 0.730. The summed E-state index contributed by atoms with van der Waals surface area (Å²) in [6.07, 6.45) is 2.28. The summed E-state index contributed by atoms with van der Waals surface area (Å²) in [5.41, 5.74) is 0.255. The van der Waals surface area contributed by atoms with E-state index >= 15 is 0 Å². The number of halogens is 1. The van der Waals surface area contributed by atoms with Crippen molar-refractivity contribution in [2.24, 2.45) is 5.92 Å². The van der Waals surface area contributed by atoms with Gasteiger partial charge >= 0.3 is 5.97 Å². The van der Waals surface area contributed by atoms with Gasteiger partial charge in [-0.2, -0.15) is 0 Å². The van der Waals surface area contributed by atoms with E-state index in [1.54, 1.807) is 0 Å². The number of nitrogens with one attached hydrogen (secondary N) is 1. The van der Waals surface area contributed by atoms with Crippen LogP contribution < -0.4 is 14.8 Å². The van der Waals surface area contributed by atoms with Gasteiger partial charge in [-0.1, -0.05) is 0 Å². The second kappa shape index (κ2) is 7.68. The molecule has 7 heteroatoms. The van der Waals surface area contributed by atoms with E-state index in [0.29, 0.717) is 21.9 Å². The van der Waals surface area contributed by atoms with Gasteiger partial charge in [-0.25, -0.2) is 4.79 Å². The summed E-state index contributed by atoms with van der Waals surface area (Å²) in [4.78, 5) is 23.9. The molecule has 0 bridgehead atoms. The Morgan fingerprint density at radius 3 is 2.30 bits per heavy atom. The number of amides is 1. The normalized spacial score (nSPS) is 14.8. The Morgan fingerprint density at radius 2 is 1.83 bits per heavy atom. The minimum atomic E-state index is -0.608. The molecule has 0 heterocycles. The second-order valence-corrected chi connectivity index (χ2v) is 6.26. The third kappa shape index (κ3) is 4.60. The van der Waals surface area contributed by atoms with Gasteiger partial charge in [-0.15, -0.1) is 0 Å². The summed E-state index contributed by atoms with van der Waals surface area (Å²) in [5, 5.41) is 2.83. The van der Waals surface area contributed by atoms with Crippen LogP contribution in [0.5, 0.6) is 11.5 Å². The van der Waals surface area contributed by atoms with Gasteiger partial charge in [0.05, 0.1) is 19.8 Å². The third-order valence-electron chi connectivity index (χ3n) is 3.73. The molecule has 1 amide bonds. The molecule has 1 aliphatic rings. The first-order chi connectivity index (χ1) is 11.0. The molecule has 0 radical (unpaired) electrons. The van der Waals surface area contributed by atoms with E-state index in [1.165, 1.54) is 26.4 Å². The number of hydrogen-bond acceptors (Lipinski definition) is 5. The van der Waals surface area contributed by atoms with Gasteiger partial charge in [0.15, 0.2) is 6.61 Å². The highest BCUT2D eigenvalue weighted by atomic mass is 79.9. The van der Waals surface area contributed by atoms with E-state index in [9.17, 15) is 9.59 Å². The van der Waals surface area contributed by atoms with Crippen molar-refractivity contribution in [3.63, 3.8) is 0 Å². The average molecular weight is 386 g/mol. The average Bonchev–Trinajstić information content (AvgIpc) is 3.37. The molecule has 6 nitrogen and oxygen atoms in total. The monoisotopic (exact) mass is 385 g/mol. The molecule has 2 rings (SSSR count). The Kier molecular flexibility index (Phi) is 5.87. The molecule has 23 heavy (non-hydrogen) atoms. The van der Waals surface area contributed by atoms with E-state index < -0.39 is 5.97 Å². The molecule has 0 aromatic heterocycles. The maximum atomic E-state index is 12.1. The highest BCUT2D eigenvalue weighted by molar-refractivity contribution is 9.10. The number of ether oxygens (including phenoxy) is 3. The zero-order chi connectivity index (χ0) is 17.0. The van der Waals surface area contributed by atoms with Crippen molar-refractivity contribution in [1.82, 2.24) is 5.32 Å². The lowest BCUT2D eigenvalue weighted by Crippen LogP contribution is -2.37. The lowest BCUT2D eigenvalue weighted by Gasteiger charge is -2.13. The first kappa shape index (κ1) is 17.6. The Hall–Kier alpha value is -1.76. The molecule has 0 spiro atoms. The Balaban J connectivity index is 1.95. The van der Waals surface area contributed by atoms with Crippen LogP contribution in [0.2, 0.25) is 0 Å². The third-order valence-corrected chi connectivity index (χ3v) is 4.52. The largest absolute Gasteiger partial charge is 0.495 e. The minimum absolute atomic E-state index is 0.120. The molecule has 1 aromatic rings. The van der Waals surface area contributed by atoms with E-state index in [4.69, 9.17) is 14.2 Å². The van der Waals surface area contributed by atoms with E-state index in [0.717, 1.165) is 12.8 Å². The van der Waals surface area contributed by atoms with Gasteiger partial charge in [-0.05, 0) is 53.7 Å². The predicted octanol–water partition coefficient (Wildman–Crippen LogP) is 2.54. The van der Waals surface area contributed by atoms with Gasteiger partial charge in [0, 0.05) is 6.04 Å². The molecular weight excluding hydrogens is 366 g/mol. The summed E-state index contributed by atoms with van der Waals surface area (Å²) >= 11 is 3.33. The zero-order valence-corrected chi connectivity index (χ0v) is 14.9. The first-order valence-electron chi connectivity index (χ1n) is 7.34. The van der Waals surface area contributed by atoms with E-state index in [-0.39, 0.29) is 24.1 Å². The fourth-order valence-electron chi connectivity index (χ4n) is 2.21. The highest BCUT2D eigenvalue weighted by Crippen LogP contribution is 2.35. The van der Waals surface area contributed by atoms with Crippen LogP contribution in [-0.2, 0) is 9.53 Å². The molecule has 0 aliphatic heterocycles. The maximum absolute atomic E-state index is 12.1. The van der Waals surface area contributed by atoms with Gasteiger partial charge in [-0.3, -0.25) is 4.79 Å². The van der Waals surface area contributed by atoms with Crippen molar-refractivity contribution < 1.29 is 23.8 Å². The zero-order valence-electron chi connectivity index (χ0n) is 13.3. The lowest BCUT2D eigenvalue weighted by molar-refractivity contribution is -0.124. The van der Waals surface area contributed by atoms with Gasteiger partial charge in [0.25, 0.3) is 5.91 Å². The van der Waals surface area contributed by atoms with Crippen LogP contribution in [-0.4, -0.2) is 38.7 Å². The summed E-state index contributed by atoms with van der Waals surface area (Å²) in [7, 11) is 2.97. The lowest BCUT2D eigenvalue weighted by atomic mass is 10.2. The first-order valence-corrected chi connectivity index (χ1v) is 8.13. The number of carbonyl (C=O) groups excluding carboxylic acids is 2. The van der Waals surface area contributed by atoms with Gasteiger partial charge < -0.3 is 19.5 Å². The standard InChI is InChI=1S/C16H20BrNO5/c1-9(10-4-5-10)18-14(19)8-23-16(20)11-6-12(21-2)15(17)13(7-11)22-3/h6-7,9-10H,4-5,8H2,1-3H3,(H,18,19)/t9-/m0/s1. The summed E-state index contributed by atoms with van der Waals surface area (Å²) in [5.74, 6) is 0.540. The number of benzene rings is 1. The smallest absolute Gasteiger partial charge is 0.338 e. The van der Waals surface area contributed by atoms with Crippen LogP contribution in [0.4, 0.5) is 0 Å². The SMILES string of the molecule is COc1cc(C(=O)OCC(=O)N[C@@H](C)C2CC2)cc(OC)c1Br. The fourth-order valence-corrected chi connectivity index (χ4v) is 2.76. The molecule has 0 saturated heterocycles. The van der Waals surface area contributed by atoms with E-state index in [1.807, 2.05) is 6.92 Å². The second-order valence-electron chi connectivity index (χ2n) is 5.46. The van der Waals surface area contributed by atoms with Crippen molar-refractivity contribution in [2.75, 3.05) is 20.8 Å². The van der Waals surface area contributed by atoms with Crippen molar-refractivity contribution in [3.8, 4) is 11.5 Å². The molecule has 1 aliphatic carbocycles. The highest BCUT2D eigenvalue weighted by Gasteiger charge is 2.29. The molecule has 1 aromatic carbocycles. The fraction of sp³-hybridized carbons (Fsp3) is 0.500. The van der Waals surface area contributed by atoms with Gasteiger partial charge in [0.1, 0.15) is 16.0 Å². The van der Waals surface area contributed by atoms with Crippen LogP contribution in [0.3, 0.4) is 0 Å². The van der Waals surface area contributed by atoms with Crippen molar-refractivity contribution in [1.29, 1.82) is 0 Å². The van der Waals surface area contributed by atoms with Crippen LogP contribution in [0.25, 0.3) is 0 Å². The minimum Gasteiger partial charge on any atom is -0.495 e. The van der Waals surface area contributed by atoms with Crippen molar-refractivity contribution >= 4 is 27.8 Å². The Bertz CT molecular complexity index is 575. The summed E-state index contributed by atoms with van der Waals surface area (Å²) in [6.45, 7) is 1.65. The Morgan fingerprint density at radius 1 is 1.26 bits per heavy atom. The molecule has 1 atom stereocenters. The summed E-state index contributed by atoms with van der Waals surface area (Å²) < 4.78 is 16.0. The van der Waals surface area contributed by atoms with Crippen LogP contribution in [0.15, 0.2) is 16.6 Å². The van der Waals surface area contributed by atoms with Crippen molar-refractivity contribution in [3.05, 3.63) is 22.2 Å². The van der Waals surface area contributed by atoms with E-state index in [2.05, 4.69) is 21.2 Å². The van der Waals surface area contributed by atoms with Crippen molar-refractivity contribution in [2.45, 2.75) is 25.8 Å². The topological polar surface area (TPSA) is 73.9 Å². The molecule has 1 fully saturated rings. The predicted molar refractivity (Wildman–Crippen MR) is 87.9 cm³/mol. The van der Waals surface area contributed by atoms with Crippen LogP contribution in [0, 0.1) is 5.92 Å². The molecular formula is C16H20BrNO5. The Labute approximate surface area is 143 Å². The number of hydrogen-bond donors (Lipinski definition) is 1. The molecule has 1 saturated carbocycles. The van der Waals surface area contributed by atoms with Crippen LogP contribution in [0.1, 0.15) is 30.1 Å². The molecule has 1 N–H and O–H groups in total. The molecule has 0 unspecified atom stereocenters. The molecule has 126 valence electrons. The number of methoxy groups -OCH3 is 2. The van der Waals surface area contributed by atoms with Gasteiger partial charge in [0.2, 0.25) is 0 Å². The number of carbonyl (C=O) groups is 2. The summed E-state index contributed by atoms with van der Waals surface area (Å²) in [6, 6.07) is 3.17. The number of esters is 1. The van der Waals surface area contributed by atoms with Crippen LogP contribution >= 0.6 is 15.9 Å². The maximum Gasteiger partial charge on any atom is 0.338 e.